The van der Waals surface area contributed by atoms with E-state index < -0.39 is 40.7 Å². The summed E-state index contributed by atoms with van der Waals surface area (Å²) in [5, 5.41) is 0.662. The number of hydrogen-bond donors (Lipinski definition) is 0. The van der Waals surface area contributed by atoms with Crippen LogP contribution >= 0.6 is 22.9 Å². The Labute approximate surface area is 465 Å². The van der Waals surface area contributed by atoms with Crippen LogP contribution in [-0.2, 0) is 51.1 Å². The molecule has 17 nitrogen and oxygen atoms in total. The Balaban J connectivity index is 1.06. The van der Waals surface area contributed by atoms with Gasteiger partial charge in [0, 0.05) is 35.7 Å². The minimum Gasteiger partial charge on any atom is -0.490 e. The molecule has 0 radical (unpaired) electrons. The Morgan fingerprint density at radius 2 is 1.59 bits per heavy atom. The lowest BCUT2D eigenvalue weighted by Gasteiger charge is -2.22. The van der Waals surface area contributed by atoms with Gasteiger partial charge in [-0.25, -0.2) is 29.1 Å². The van der Waals surface area contributed by atoms with E-state index in [4.69, 9.17) is 63.4 Å². The zero-order chi connectivity index (χ0) is 55.3. The summed E-state index contributed by atoms with van der Waals surface area (Å²) in [4.78, 5) is 34.0. The van der Waals surface area contributed by atoms with E-state index in [2.05, 4.69) is 15.0 Å². The lowest BCUT2D eigenvalue weighted by molar-refractivity contribution is -0.151. The van der Waals surface area contributed by atoms with Gasteiger partial charge in [0.05, 0.1) is 66.2 Å². The van der Waals surface area contributed by atoms with E-state index in [1.54, 1.807) is 87.8 Å². The molecule has 2 aliphatic heterocycles. The zero-order valence-corrected chi connectivity index (χ0v) is 46.0. The van der Waals surface area contributed by atoms with Gasteiger partial charge in [0.2, 0.25) is 12.0 Å². The van der Waals surface area contributed by atoms with E-state index in [9.17, 15) is 17.6 Å². The summed E-state index contributed by atoms with van der Waals surface area (Å²) in [6.45, 7) is 7.12. The molecular formula is C58H56ClFN4O13S2. The van der Waals surface area contributed by atoms with Crippen molar-refractivity contribution in [1.82, 2.24) is 19.9 Å². The largest absolute Gasteiger partial charge is 0.490 e. The summed E-state index contributed by atoms with van der Waals surface area (Å²) in [6.07, 6.45) is 0.472. The second-order valence-electron chi connectivity index (χ2n) is 17.9. The van der Waals surface area contributed by atoms with Gasteiger partial charge in [-0.05, 0) is 104 Å². The molecule has 0 fully saturated rings. The monoisotopic (exact) mass is 1130 g/mol. The van der Waals surface area contributed by atoms with Crippen LogP contribution in [0.15, 0.2) is 127 Å². The number of aryl methyl sites for hydroxylation is 1. The molecule has 21 heteroatoms. The number of esters is 1. The Morgan fingerprint density at radius 3 is 2.38 bits per heavy atom. The number of rotatable bonds is 21. The fraction of sp³-hybridized carbons (Fsp3) is 0.293. The van der Waals surface area contributed by atoms with Gasteiger partial charge in [0.15, 0.2) is 11.9 Å². The van der Waals surface area contributed by atoms with Crippen molar-refractivity contribution in [3.8, 4) is 61.8 Å². The summed E-state index contributed by atoms with van der Waals surface area (Å²) in [5.41, 5.74) is 4.97. The number of benzene rings is 5. The molecule has 0 saturated carbocycles. The minimum absolute atomic E-state index is 0.0332. The van der Waals surface area contributed by atoms with E-state index in [-0.39, 0.29) is 54.4 Å². The molecule has 10 rings (SSSR count). The summed E-state index contributed by atoms with van der Waals surface area (Å²) in [7, 11) is -2.63. The molecule has 2 atom stereocenters. The normalized spacial score (nSPS) is 14.5. The summed E-state index contributed by atoms with van der Waals surface area (Å²) >= 11 is 8.53. The summed E-state index contributed by atoms with van der Waals surface area (Å²) in [5.74, 6) is 0.784. The van der Waals surface area contributed by atoms with Crippen LogP contribution in [0.25, 0.3) is 43.2 Å². The molecule has 0 N–H and O–H groups in total. The molecule has 8 aromatic rings. The first kappa shape index (κ1) is 56.4. The zero-order valence-electron chi connectivity index (χ0n) is 43.6. The molecule has 0 saturated heterocycles. The Kier molecular flexibility index (Phi) is 19.0. The predicted octanol–water partition coefficient (Wildman–Crippen LogP) is 10.6. The van der Waals surface area contributed by atoms with Crippen molar-refractivity contribution in [3.63, 3.8) is 0 Å². The highest BCUT2D eigenvalue weighted by Gasteiger charge is 2.31. The molecule has 0 amide bonds. The quantitative estimate of drug-likeness (QED) is 0.0374. The third-order valence-corrected chi connectivity index (χ3v) is 15.3. The van der Waals surface area contributed by atoms with E-state index >= 15 is 0 Å². The van der Waals surface area contributed by atoms with Crippen molar-refractivity contribution in [3.05, 3.63) is 155 Å². The van der Waals surface area contributed by atoms with Gasteiger partial charge >= 0.3 is 5.97 Å². The molecule has 5 heterocycles. The smallest absolute Gasteiger partial charge is 0.347 e. The van der Waals surface area contributed by atoms with Crippen LogP contribution in [0.5, 0.6) is 28.9 Å². The topological polar surface area (TPSA) is 195 Å². The van der Waals surface area contributed by atoms with Crippen molar-refractivity contribution >= 4 is 49.2 Å². The maximum atomic E-state index is 14.4. The van der Waals surface area contributed by atoms with Crippen LogP contribution in [0, 0.1) is 19.7 Å². The SMILES string of the molecule is CCOC(=O)[C@H]1Cc2cc(ccc2OCc2ccnc(-c3ccccc3OCCOCCOCCOC)n2)OC[C@@H](COS(=O)(=O)c2ccc(C)cc2)Oc2ccc(c(C)c2Cl)-c2c(-c3ccc(F)cc3)sc3ncnc(c23)O1. The Morgan fingerprint density at radius 1 is 0.823 bits per heavy atom. The lowest BCUT2D eigenvalue weighted by atomic mass is 9.96. The standard InChI is InChI=1S/C58H56ClFN4O13S2/c1-5-71-58(65)50-31-39-30-42(16-20-47(39)74-32-41-22-23-61-55(64-41)46-8-6-7-9-48(46)72-29-28-70-27-26-69-25-24-68-4)73-33-43(34-75-79(66,67)44-17-10-36(2)11-18-44)76-49-21-19-45(37(3)53(49)59)51-52-56(77-50)62-35-63-57(52)78-54(51)38-12-14-40(60)15-13-38/h6-23,30,35,43,50H,5,24-29,31-34H2,1-4H3/t43-,50+/m0/s1. The third-order valence-electron chi connectivity index (χ3n) is 12.4. The molecule has 0 aliphatic carbocycles. The van der Waals surface area contributed by atoms with Crippen LogP contribution in [0.1, 0.15) is 29.3 Å². The number of para-hydroxylation sites is 1. The maximum Gasteiger partial charge on any atom is 0.347 e. The average Bonchev–Trinajstić information content (AvgIpc) is 3.87. The number of methoxy groups -OCH3 is 1. The number of carbonyl (C=O) groups is 1. The number of halogens is 2. The minimum atomic E-state index is -4.25. The molecule has 0 spiro atoms. The molecule has 412 valence electrons. The van der Waals surface area contributed by atoms with Crippen molar-refractivity contribution in [1.29, 1.82) is 0 Å². The van der Waals surface area contributed by atoms with Crippen LogP contribution in [0.2, 0.25) is 5.02 Å². The molecular weight excluding hydrogens is 1080 g/mol. The highest BCUT2D eigenvalue weighted by molar-refractivity contribution is 7.86. The van der Waals surface area contributed by atoms with Gasteiger partial charge < -0.3 is 42.6 Å². The van der Waals surface area contributed by atoms with Gasteiger partial charge in [-0.2, -0.15) is 8.42 Å². The number of aromatic nitrogens is 4. The lowest BCUT2D eigenvalue weighted by Crippen LogP contribution is -2.32. The first-order chi connectivity index (χ1) is 38.4. The number of thiophene rings is 1. The number of fused-ring (bicyclic) bond motifs is 7. The average molecular weight is 1140 g/mol. The van der Waals surface area contributed by atoms with Gasteiger partial charge in [0.1, 0.15) is 66.4 Å². The van der Waals surface area contributed by atoms with Crippen LogP contribution in [0.4, 0.5) is 4.39 Å². The number of nitrogens with zero attached hydrogens (tertiary/aromatic N) is 4. The van der Waals surface area contributed by atoms with Gasteiger partial charge in [0.25, 0.3) is 10.1 Å². The highest BCUT2D eigenvalue weighted by Crippen LogP contribution is 2.50. The molecule has 2 aliphatic rings. The molecule has 79 heavy (non-hydrogen) atoms. The molecule has 4 bridgehead atoms. The Hall–Kier alpha value is -7.30. The first-order valence-electron chi connectivity index (χ1n) is 25.2. The van der Waals surface area contributed by atoms with Crippen molar-refractivity contribution in [2.75, 3.05) is 66.6 Å². The fourth-order valence-corrected chi connectivity index (χ4v) is 10.7. The van der Waals surface area contributed by atoms with E-state index in [1.165, 1.54) is 41.9 Å². The highest BCUT2D eigenvalue weighted by atomic mass is 35.5. The van der Waals surface area contributed by atoms with Gasteiger partial charge in [-0.15, -0.1) is 11.3 Å². The van der Waals surface area contributed by atoms with Crippen LogP contribution in [-0.4, -0.2) is 113 Å². The third kappa shape index (κ3) is 14.1. The maximum absolute atomic E-state index is 14.4. The number of carbonyl (C=O) groups excluding carboxylic acids is 1. The van der Waals surface area contributed by atoms with Crippen LogP contribution < -0.4 is 23.7 Å². The molecule has 3 aromatic heterocycles. The number of ether oxygens (including phenoxy) is 9. The van der Waals surface area contributed by atoms with E-state index in [0.717, 1.165) is 5.56 Å². The van der Waals surface area contributed by atoms with E-state index in [1.807, 2.05) is 31.2 Å². The van der Waals surface area contributed by atoms with Gasteiger partial charge in [-0.3, -0.25) is 4.18 Å². The second-order valence-corrected chi connectivity index (χ2v) is 20.9. The van der Waals surface area contributed by atoms with Crippen molar-refractivity contribution in [2.24, 2.45) is 0 Å². The van der Waals surface area contributed by atoms with Crippen molar-refractivity contribution in [2.45, 2.75) is 50.9 Å². The summed E-state index contributed by atoms with van der Waals surface area (Å²) < 4.78 is 101. The second kappa shape index (κ2) is 26.6. The fourth-order valence-electron chi connectivity index (χ4n) is 8.40. The van der Waals surface area contributed by atoms with Gasteiger partial charge in [-0.1, -0.05) is 59.6 Å². The number of hydrogen-bond acceptors (Lipinski definition) is 18. The molecule has 5 aromatic carbocycles. The first-order valence-corrected chi connectivity index (χ1v) is 27.8. The summed E-state index contributed by atoms with van der Waals surface area (Å²) in [6, 6.07) is 30.0. The predicted molar refractivity (Wildman–Crippen MR) is 294 cm³/mol. The van der Waals surface area contributed by atoms with Crippen LogP contribution in [0.3, 0.4) is 0 Å². The Bertz CT molecular complexity index is 3500. The van der Waals surface area contributed by atoms with Crippen molar-refractivity contribution < 1.29 is 64.4 Å². The van der Waals surface area contributed by atoms with E-state index in [0.29, 0.717) is 110 Å². The molecule has 0 unspecified atom stereocenters.